The highest BCUT2D eigenvalue weighted by atomic mass is 16.5. The number of carbonyl (C=O) groups is 1. The van der Waals surface area contributed by atoms with Crippen LogP contribution in [0, 0.1) is 6.92 Å². The number of hydrogen-bond donors (Lipinski definition) is 0. The molecule has 112 valence electrons. The monoisotopic (exact) mass is 295 g/mol. The molecule has 0 saturated heterocycles. The standard InChI is InChI=1S/C17H17N3O2/c1-11-15-9-14(10-18-16(15)22-19-11)17(21)20(3)12(2)13-7-5-4-6-8-13/h4-10,12H,1-3H3/t12-/m0/s1. The molecule has 0 fully saturated rings. The second kappa shape index (κ2) is 5.60. The van der Waals surface area contributed by atoms with Crippen LogP contribution >= 0.6 is 0 Å². The molecule has 0 aliphatic heterocycles. The van der Waals surface area contributed by atoms with Gasteiger partial charge in [0, 0.05) is 13.2 Å². The Morgan fingerprint density at radius 2 is 2.00 bits per heavy atom. The average molecular weight is 295 g/mol. The van der Waals surface area contributed by atoms with E-state index in [1.807, 2.05) is 44.2 Å². The maximum Gasteiger partial charge on any atom is 0.257 e. The van der Waals surface area contributed by atoms with Gasteiger partial charge in [0.15, 0.2) is 0 Å². The molecule has 0 radical (unpaired) electrons. The molecule has 0 spiro atoms. The Kier molecular flexibility index (Phi) is 3.63. The fourth-order valence-corrected chi connectivity index (χ4v) is 2.40. The first-order valence-corrected chi connectivity index (χ1v) is 7.12. The Morgan fingerprint density at radius 3 is 2.73 bits per heavy atom. The van der Waals surface area contributed by atoms with E-state index in [0.717, 1.165) is 16.6 Å². The molecule has 0 aliphatic carbocycles. The fraction of sp³-hybridized carbons (Fsp3) is 0.235. The predicted molar refractivity (Wildman–Crippen MR) is 83.5 cm³/mol. The summed E-state index contributed by atoms with van der Waals surface area (Å²) in [6, 6.07) is 11.7. The molecular weight excluding hydrogens is 278 g/mol. The van der Waals surface area contributed by atoms with Crippen molar-refractivity contribution < 1.29 is 9.32 Å². The summed E-state index contributed by atoms with van der Waals surface area (Å²) in [4.78, 5) is 18.5. The zero-order valence-corrected chi connectivity index (χ0v) is 12.8. The van der Waals surface area contributed by atoms with Crippen LogP contribution in [0.3, 0.4) is 0 Å². The van der Waals surface area contributed by atoms with Crippen LogP contribution in [0.1, 0.15) is 34.6 Å². The lowest BCUT2D eigenvalue weighted by molar-refractivity contribution is 0.0742. The second-order valence-electron chi connectivity index (χ2n) is 5.35. The highest BCUT2D eigenvalue weighted by Gasteiger charge is 2.20. The van der Waals surface area contributed by atoms with Gasteiger partial charge < -0.3 is 9.42 Å². The highest BCUT2D eigenvalue weighted by Crippen LogP contribution is 2.22. The SMILES string of the molecule is Cc1noc2ncc(C(=O)N(C)[C@@H](C)c3ccccc3)cc12. The van der Waals surface area contributed by atoms with Crippen molar-refractivity contribution in [1.82, 2.24) is 15.0 Å². The summed E-state index contributed by atoms with van der Waals surface area (Å²) < 4.78 is 5.07. The molecule has 5 heteroatoms. The van der Waals surface area contributed by atoms with Gasteiger partial charge in [0.1, 0.15) is 0 Å². The predicted octanol–water partition coefficient (Wildman–Crippen LogP) is 3.36. The van der Waals surface area contributed by atoms with Gasteiger partial charge in [0.2, 0.25) is 0 Å². The van der Waals surface area contributed by atoms with Crippen molar-refractivity contribution >= 4 is 17.0 Å². The molecule has 0 unspecified atom stereocenters. The third-order valence-corrected chi connectivity index (χ3v) is 3.94. The van der Waals surface area contributed by atoms with E-state index in [9.17, 15) is 4.79 Å². The van der Waals surface area contributed by atoms with E-state index in [4.69, 9.17) is 4.52 Å². The first-order valence-electron chi connectivity index (χ1n) is 7.12. The minimum atomic E-state index is -0.0775. The normalized spacial score (nSPS) is 12.3. The summed E-state index contributed by atoms with van der Waals surface area (Å²) in [6.45, 7) is 3.84. The Labute approximate surface area is 128 Å². The minimum absolute atomic E-state index is 0.0204. The molecule has 0 N–H and O–H groups in total. The number of aryl methyl sites for hydroxylation is 1. The zero-order chi connectivity index (χ0) is 15.7. The van der Waals surface area contributed by atoms with Crippen LogP contribution in [0.15, 0.2) is 47.1 Å². The molecule has 0 bridgehead atoms. The van der Waals surface area contributed by atoms with Gasteiger partial charge in [-0.1, -0.05) is 35.5 Å². The van der Waals surface area contributed by atoms with E-state index in [1.54, 1.807) is 18.0 Å². The molecule has 22 heavy (non-hydrogen) atoms. The Bertz CT molecular complexity index is 811. The topological polar surface area (TPSA) is 59.2 Å². The summed E-state index contributed by atoms with van der Waals surface area (Å²) in [5.41, 5.74) is 2.81. The summed E-state index contributed by atoms with van der Waals surface area (Å²) in [5, 5.41) is 4.63. The molecule has 0 aliphatic rings. The maximum atomic E-state index is 12.7. The van der Waals surface area contributed by atoms with Gasteiger partial charge in [-0.2, -0.15) is 0 Å². The van der Waals surface area contributed by atoms with E-state index in [2.05, 4.69) is 10.1 Å². The first-order chi connectivity index (χ1) is 10.6. The second-order valence-corrected chi connectivity index (χ2v) is 5.35. The molecule has 1 aromatic carbocycles. The third kappa shape index (κ3) is 2.45. The molecule has 3 rings (SSSR count). The number of rotatable bonds is 3. The van der Waals surface area contributed by atoms with Crippen LogP contribution in [-0.2, 0) is 0 Å². The van der Waals surface area contributed by atoms with Gasteiger partial charge in [0.25, 0.3) is 11.6 Å². The fourth-order valence-electron chi connectivity index (χ4n) is 2.40. The van der Waals surface area contributed by atoms with Gasteiger partial charge >= 0.3 is 0 Å². The van der Waals surface area contributed by atoms with Crippen molar-refractivity contribution in [3.8, 4) is 0 Å². The molecule has 5 nitrogen and oxygen atoms in total. The largest absolute Gasteiger partial charge is 0.336 e. The molecular formula is C17H17N3O2. The number of aromatic nitrogens is 2. The van der Waals surface area contributed by atoms with E-state index in [0.29, 0.717) is 11.3 Å². The molecule has 1 atom stereocenters. The maximum absolute atomic E-state index is 12.7. The molecule has 2 aromatic heterocycles. The van der Waals surface area contributed by atoms with E-state index in [1.165, 1.54) is 6.20 Å². The van der Waals surface area contributed by atoms with Crippen LogP contribution in [0.4, 0.5) is 0 Å². The van der Waals surface area contributed by atoms with Gasteiger partial charge in [-0.25, -0.2) is 4.98 Å². The number of hydrogen-bond acceptors (Lipinski definition) is 4. The summed E-state index contributed by atoms with van der Waals surface area (Å²) in [5.74, 6) is -0.0775. The lowest BCUT2D eigenvalue weighted by Crippen LogP contribution is -2.29. The molecule has 0 saturated carbocycles. The van der Waals surface area contributed by atoms with Crippen LogP contribution in [0.2, 0.25) is 0 Å². The third-order valence-electron chi connectivity index (χ3n) is 3.94. The molecule has 1 amide bonds. The summed E-state index contributed by atoms with van der Waals surface area (Å²) in [7, 11) is 1.80. The number of carbonyl (C=O) groups excluding carboxylic acids is 1. The number of pyridine rings is 1. The van der Waals surface area contributed by atoms with Crippen LogP contribution < -0.4 is 0 Å². The van der Waals surface area contributed by atoms with Gasteiger partial charge in [-0.05, 0) is 25.5 Å². The molecule has 3 aromatic rings. The van der Waals surface area contributed by atoms with E-state index >= 15 is 0 Å². The van der Waals surface area contributed by atoms with Crippen LogP contribution in [0.25, 0.3) is 11.1 Å². The first kappa shape index (κ1) is 14.3. The Hall–Kier alpha value is -2.69. The van der Waals surface area contributed by atoms with Crippen molar-refractivity contribution in [2.45, 2.75) is 19.9 Å². The van der Waals surface area contributed by atoms with Crippen LogP contribution in [0.5, 0.6) is 0 Å². The average Bonchev–Trinajstić information content (AvgIpc) is 2.94. The van der Waals surface area contributed by atoms with Crippen molar-refractivity contribution in [1.29, 1.82) is 0 Å². The van der Waals surface area contributed by atoms with Crippen molar-refractivity contribution in [3.05, 3.63) is 59.4 Å². The van der Waals surface area contributed by atoms with E-state index < -0.39 is 0 Å². The van der Waals surface area contributed by atoms with Crippen molar-refractivity contribution in [3.63, 3.8) is 0 Å². The molecule has 2 heterocycles. The quantitative estimate of drug-likeness (QED) is 0.743. The Balaban J connectivity index is 1.89. The van der Waals surface area contributed by atoms with Crippen molar-refractivity contribution in [2.24, 2.45) is 0 Å². The highest BCUT2D eigenvalue weighted by molar-refractivity contribution is 5.97. The van der Waals surface area contributed by atoms with Gasteiger partial charge in [-0.15, -0.1) is 0 Å². The summed E-state index contributed by atoms with van der Waals surface area (Å²) in [6.07, 6.45) is 1.53. The van der Waals surface area contributed by atoms with Gasteiger partial charge in [-0.3, -0.25) is 4.79 Å². The smallest absolute Gasteiger partial charge is 0.257 e. The zero-order valence-electron chi connectivity index (χ0n) is 12.8. The lowest BCUT2D eigenvalue weighted by atomic mass is 10.1. The number of nitrogens with zero attached hydrogens (tertiary/aromatic N) is 3. The minimum Gasteiger partial charge on any atom is -0.336 e. The Morgan fingerprint density at radius 1 is 1.27 bits per heavy atom. The van der Waals surface area contributed by atoms with Crippen molar-refractivity contribution in [2.75, 3.05) is 7.05 Å². The van der Waals surface area contributed by atoms with E-state index in [-0.39, 0.29) is 11.9 Å². The number of benzene rings is 1. The summed E-state index contributed by atoms with van der Waals surface area (Å²) >= 11 is 0. The van der Waals surface area contributed by atoms with Gasteiger partial charge in [0.05, 0.1) is 22.7 Å². The number of fused-ring (bicyclic) bond motifs is 1. The number of amides is 1. The lowest BCUT2D eigenvalue weighted by Gasteiger charge is -2.25. The van der Waals surface area contributed by atoms with Crippen LogP contribution in [-0.4, -0.2) is 28.0 Å².